The predicted octanol–water partition coefficient (Wildman–Crippen LogP) is 11.5. The summed E-state index contributed by atoms with van der Waals surface area (Å²) in [4.78, 5) is 4.69. The van der Waals surface area contributed by atoms with Gasteiger partial charge in [0.2, 0.25) is 0 Å². The van der Waals surface area contributed by atoms with Crippen LogP contribution in [-0.2, 0) is 0 Å². The van der Waals surface area contributed by atoms with E-state index in [9.17, 15) is 0 Å². The molecule has 0 atom stereocenters. The Labute approximate surface area is 250 Å². The third-order valence-electron chi connectivity index (χ3n) is 7.75. The van der Waals surface area contributed by atoms with Crippen LogP contribution in [0.2, 0.25) is 0 Å². The SMILES string of the molecule is C=CC1=CCCCC(N(c2ccccc2)c2ccc(-c3ccc(N(c4ccccc4)c4cccc(C)c4)cc3)cc2)=C1. The summed E-state index contributed by atoms with van der Waals surface area (Å²) in [6, 6.07) is 47.7. The lowest BCUT2D eigenvalue weighted by molar-refractivity contribution is 0.823. The van der Waals surface area contributed by atoms with Gasteiger partial charge in [-0.05, 0) is 115 Å². The van der Waals surface area contributed by atoms with E-state index in [1.807, 2.05) is 6.08 Å². The zero-order valence-electron chi connectivity index (χ0n) is 24.2. The molecule has 0 spiro atoms. The zero-order valence-corrected chi connectivity index (χ0v) is 24.2. The number of para-hydroxylation sites is 2. The zero-order chi connectivity index (χ0) is 28.7. The second kappa shape index (κ2) is 12.6. The molecule has 0 aromatic heterocycles. The number of benzene rings is 5. The minimum atomic E-state index is 1.02. The van der Waals surface area contributed by atoms with Gasteiger partial charge < -0.3 is 9.80 Å². The van der Waals surface area contributed by atoms with E-state index in [-0.39, 0.29) is 0 Å². The molecule has 2 heteroatoms. The van der Waals surface area contributed by atoms with Crippen LogP contribution in [0.5, 0.6) is 0 Å². The van der Waals surface area contributed by atoms with Crippen molar-refractivity contribution in [3.63, 3.8) is 0 Å². The third kappa shape index (κ3) is 5.99. The van der Waals surface area contributed by atoms with Crippen molar-refractivity contribution in [1.29, 1.82) is 0 Å². The van der Waals surface area contributed by atoms with Crippen molar-refractivity contribution in [3.05, 3.63) is 175 Å². The molecule has 6 rings (SSSR count). The van der Waals surface area contributed by atoms with E-state index in [4.69, 9.17) is 0 Å². The van der Waals surface area contributed by atoms with E-state index in [1.165, 1.54) is 33.6 Å². The lowest BCUT2D eigenvalue weighted by Gasteiger charge is -2.28. The number of aryl methyl sites for hydroxylation is 1. The second-order valence-electron chi connectivity index (χ2n) is 10.7. The average Bonchev–Trinajstić information content (AvgIpc) is 3.29. The molecule has 1 aliphatic rings. The van der Waals surface area contributed by atoms with Gasteiger partial charge in [0.15, 0.2) is 0 Å². The quantitative estimate of drug-likeness (QED) is 0.192. The number of hydrogen-bond donors (Lipinski definition) is 0. The van der Waals surface area contributed by atoms with E-state index in [0.717, 1.165) is 42.0 Å². The topological polar surface area (TPSA) is 6.48 Å². The number of nitrogens with zero attached hydrogens (tertiary/aromatic N) is 2. The summed E-state index contributed by atoms with van der Waals surface area (Å²) in [7, 11) is 0. The highest BCUT2D eigenvalue weighted by Crippen LogP contribution is 2.37. The van der Waals surface area contributed by atoms with Crippen molar-refractivity contribution in [2.45, 2.75) is 26.2 Å². The number of hydrogen-bond acceptors (Lipinski definition) is 2. The number of allylic oxidation sites excluding steroid dienone is 5. The molecule has 5 aromatic rings. The smallest absolute Gasteiger partial charge is 0.0464 e. The van der Waals surface area contributed by atoms with Crippen molar-refractivity contribution in [2.24, 2.45) is 0 Å². The van der Waals surface area contributed by atoms with Gasteiger partial charge in [0.1, 0.15) is 0 Å². The van der Waals surface area contributed by atoms with Gasteiger partial charge in [0.05, 0.1) is 0 Å². The van der Waals surface area contributed by atoms with E-state index in [1.54, 1.807) is 0 Å². The van der Waals surface area contributed by atoms with Crippen molar-refractivity contribution in [1.82, 2.24) is 0 Å². The fourth-order valence-electron chi connectivity index (χ4n) is 5.65. The second-order valence-corrected chi connectivity index (χ2v) is 10.7. The maximum atomic E-state index is 4.03. The highest BCUT2D eigenvalue weighted by Gasteiger charge is 2.17. The van der Waals surface area contributed by atoms with Crippen LogP contribution in [0, 0.1) is 6.92 Å². The highest BCUT2D eigenvalue weighted by molar-refractivity contribution is 5.79. The lowest BCUT2D eigenvalue weighted by Crippen LogP contribution is -2.16. The Kier molecular flexibility index (Phi) is 8.14. The minimum absolute atomic E-state index is 1.02. The predicted molar refractivity (Wildman–Crippen MR) is 180 cm³/mol. The summed E-state index contributed by atoms with van der Waals surface area (Å²) in [6.07, 6.45) is 9.74. The Balaban J connectivity index is 1.32. The van der Waals surface area contributed by atoms with Gasteiger partial charge in [-0.25, -0.2) is 0 Å². The van der Waals surface area contributed by atoms with Gasteiger partial charge in [-0.1, -0.05) is 91.5 Å². The normalized spacial score (nSPS) is 13.0. The standard InChI is InChI=1S/C40H36N2/c1-3-32-14-10-11-19-40(30-32)42(36-17-8-5-9-18-36)38-27-23-34(24-28-38)33-21-25-37(26-22-33)41(35-15-6-4-7-16-35)39-20-12-13-31(2)29-39/h3-9,12-18,20-30H,1,10-11,19H2,2H3. The van der Waals surface area contributed by atoms with Crippen LogP contribution in [0.1, 0.15) is 24.8 Å². The molecule has 206 valence electrons. The molecule has 0 aliphatic heterocycles. The van der Waals surface area contributed by atoms with Crippen molar-refractivity contribution < 1.29 is 0 Å². The van der Waals surface area contributed by atoms with Crippen LogP contribution in [-0.4, -0.2) is 0 Å². The van der Waals surface area contributed by atoms with Gasteiger partial charge in [0, 0.05) is 34.1 Å². The first-order valence-corrected chi connectivity index (χ1v) is 14.7. The molecule has 5 aromatic carbocycles. The van der Waals surface area contributed by atoms with Gasteiger partial charge in [-0.15, -0.1) is 0 Å². The number of anilines is 5. The summed E-state index contributed by atoms with van der Waals surface area (Å²) in [5, 5.41) is 0. The largest absolute Gasteiger partial charge is 0.314 e. The Morgan fingerprint density at radius 2 is 1.10 bits per heavy atom. The molecule has 0 amide bonds. The van der Waals surface area contributed by atoms with Crippen LogP contribution >= 0.6 is 0 Å². The lowest BCUT2D eigenvalue weighted by atomic mass is 10.0. The monoisotopic (exact) mass is 544 g/mol. The molecular formula is C40H36N2. The van der Waals surface area contributed by atoms with E-state index in [2.05, 4.69) is 169 Å². The number of rotatable bonds is 8. The Hall–Kier alpha value is -5.08. The molecule has 0 heterocycles. The molecule has 42 heavy (non-hydrogen) atoms. The molecule has 0 radical (unpaired) electrons. The first kappa shape index (κ1) is 27.1. The van der Waals surface area contributed by atoms with Crippen LogP contribution < -0.4 is 9.80 Å². The van der Waals surface area contributed by atoms with E-state index < -0.39 is 0 Å². The van der Waals surface area contributed by atoms with Gasteiger partial charge in [-0.3, -0.25) is 0 Å². The first-order chi connectivity index (χ1) is 20.7. The third-order valence-corrected chi connectivity index (χ3v) is 7.75. The van der Waals surface area contributed by atoms with Crippen LogP contribution in [0.25, 0.3) is 11.1 Å². The van der Waals surface area contributed by atoms with E-state index >= 15 is 0 Å². The summed E-state index contributed by atoms with van der Waals surface area (Å²) in [5.41, 5.74) is 11.9. The van der Waals surface area contributed by atoms with Gasteiger partial charge in [-0.2, -0.15) is 0 Å². The van der Waals surface area contributed by atoms with Gasteiger partial charge in [0.25, 0.3) is 0 Å². The summed E-state index contributed by atoms with van der Waals surface area (Å²) in [6.45, 7) is 6.17. The van der Waals surface area contributed by atoms with Crippen molar-refractivity contribution in [3.8, 4) is 11.1 Å². The maximum absolute atomic E-state index is 4.03. The summed E-state index contributed by atoms with van der Waals surface area (Å²) >= 11 is 0. The van der Waals surface area contributed by atoms with Crippen LogP contribution in [0.4, 0.5) is 28.4 Å². The molecule has 0 fully saturated rings. The summed E-state index contributed by atoms with van der Waals surface area (Å²) in [5.74, 6) is 0. The van der Waals surface area contributed by atoms with Crippen LogP contribution in [0.15, 0.2) is 170 Å². The summed E-state index contributed by atoms with van der Waals surface area (Å²) < 4.78 is 0. The molecular weight excluding hydrogens is 508 g/mol. The molecule has 0 saturated carbocycles. The molecule has 1 aliphatic carbocycles. The fourth-order valence-corrected chi connectivity index (χ4v) is 5.65. The molecule has 0 unspecified atom stereocenters. The molecule has 0 N–H and O–H groups in total. The molecule has 0 bridgehead atoms. The van der Waals surface area contributed by atoms with Crippen LogP contribution in [0.3, 0.4) is 0 Å². The molecule has 2 nitrogen and oxygen atoms in total. The Bertz CT molecular complexity index is 1700. The average molecular weight is 545 g/mol. The maximum Gasteiger partial charge on any atom is 0.0464 e. The fraction of sp³-hybridized carbons (Fsp3) is 0.100. The highest BCUT2D eigenvalue weighted by atomic mass is 15.2. The van der Waals surface area contributed by atoms with E-state index in [0.29, 0.717) is 0 Å². The first-order valence-electron chi connectivity index (χ1n) is 14.7. The molecule has 0 saturated heterocycles. The van der Waals surface area contributed by atoms with Gasteiger partial charge >= 0.3 is 0 Å². The minimum Gasteiger partial charge on any atom is -0.314 e. The Morgan fingerprint density at radius 1 is 0.571 bits per heavy atom. The van der Waals surface area contributed by atoms with Crippen molar-refractivity contribution in [2.75, 3.05) is 9.80 Å². The van der Waals surface area contributed by atoms with Crippen molar-refractivity contribution >= 4 is 28.4 Å². The Morgan fingerprint density at radius 3 is 1.67 bits per heavy atom.